The van der Waals surface area contributed by atoms with Crippen LogP contribution in [0.4, 0.5) is 13.2 Å². The van der Waals surface area contributed by atoms with Crippen molar-refractivity contribution in [3.63, 3.8) is 0 Å². The fourth-order valence-corrected chi connectivity index (χ4v) is 1.27. The average molecular weight is 274 g/mol. The van der Waals surface area contributed by atoms with Crippen LogP contribution in [0.15, 0.2) is 30.3 Å². The highest BCUT2D eigenvalue weighted by molar-refractivity contribution is 5.82. The Bertz CT molecular complexity index is 432. The van der Waals surface area contributed by atoms with E-state index in [1.54, 1.807) is 5.32 Å². The lowest BCUT2D eigenvalue weighted by Gasteiger charge is -2.08. The minimum Gasteiger partial charge on any atom is -0.352 e. The zero-order valence-corrected chi connectivity index (χ0v) is 9.96. The van der Waals surface area contributed by atoms with E-state index >= 15 is 0 Å². The van der Waals surface area contributed by atoms with Gasteiger partial charge in [-0.05, 0) is 5.56 Å². The van der Waals surface area contributed by atoms with Crippen LogP contribution in [0.2, 0.25) is 0 Å². The number of halogens is 3. The Kier molecular flexibility index (Phi) is 5.35. The SMILES string of the molecule is O=C(CCNC(=O)C(F)(F)F)NCc1ccccc1. The molecule has 19 heavy (non-hydrogen) atoms. The quantitative estimate of drug-likeness (QED) is 0.852. The molecule has 2 amide bonds. The number of carbonyl (C=O) groups excluding carboxylic acids is 2. The van der Waals surface area contributed by atoms with Gasteiger partial charge in [0.05, 0.1) is 0 Å². The van der Waals surface area contributed by atoms with Crippen molar-refractivity contribution in [1.82, 2.24) is 10.6 Å². The van der Waals surface area contributed by atoms with Gasteiger partial charge in [-0.2, -0.15) is 13.2 Å². The third-order valence-electron chi connectivity index (χ3n) is 2.23. The summed E-state index contributed by atoms with van der Waals surface area (Å²) in [5, 5.41) is 4.17. The van der Waals surface area contributed by atoms with Crippen LogP contribution < -0.4 is 10.6 Å². The van der Waals surface area contributed by atoms with Crippen LogP contribution in [0.5, 0.6) is 0 Å². The van der Waals surface area contributed by atoms with Gasteiger partial charge in [0.2, 0.25) is 5.91 Å². The van der Waals surface area contributed by atoms with Crippen molar-refractivity contribution in [2.45, 2.75) is 19.1 Å². The van der Waals surface area contributed by atoms with Crippen LogP contribution in [0.3, 0.4) is 0 Å². The first kappa shape index (κ1) is 15.0. The van der Waals surface area contributed by atoms with Gasteiger partial charge < -0.3 is 10.6 Å². The minimum absolute atomic E-state index is 0.200. The largest absolute Gasteiger partial charge is 0.471 e. The Hall–Kier alpha value is -2.05. The standard InChI is InChI=1S/C12H13F3N2O2/c13-12(14,15)11(19)16-7-6-10(18)17-8-9-4-2-1-3-5-9/h1-5H,6-8H2,(H,16,19)(H,17,18). The molecule has 0 aliphatic rings. The summed E-state index contributed by atoms with van der Waals surface area (Å²) >= 11 is 0. The highest BCUT2D eigenvalue weighted by Crippen LogP contribution is 2.13. The highest BCUT2D eigenvalue weighted by Gasteiger charge is 2.38. The molecular weight excluding hydrogens is 261 g/mol. The molecule has 1 aromatic rings. The number of carbonyl (C=O) groups is 2. The molecule has 1 rings (SSSR count). The first-order valence-corrected chi connectivity index (χ1v) is 5.55. The van der Waals surface area contributed by atoms with Gasteiger partial charge in [0.15, 0.2) is 0 Å². The molecule has 0 aliphatic carbocycles. The molecule has 0 radical (unpaired) electrons. The zero-order chi connectivity index (χ0) is 14.3. The van der Waals surface area contributed by atoms with Gasteiger partial charge in [-0.3, -0.25) is 9.59 Å². The second-order valence-corrected chi connectivity index (χ2v) is 3.77. The number of nitrogens with one attached hydrogen (secondary N) is 2. The molecule has 0 aromatic heterocycles. The van der Waals surface area contributed by atoms with Gasteiger partial charge in [-0.1, -0.05) is 30.3 Å². The molecule has 1 aromatic carbocycles. The van der Waals surface area contributed by atoms with Gasteiger partial charge in [-0.15, -0.1) is 0 Å². The van der Waals surface area contributed by atoms with E-state index in [1.165, 1.54) is 0 Å². The summed E-state index contributed by atoms with van der Waals surface area (Å²) < 4.78 is 35.5. The Labute approximate surface area is 108 Å². The van der Waals surface area contributed by atoms with Crippen LogP contribution in [-0.4, -0.2) is 24.5 Å². The summed E-state index contributed by atoms with van der Waals surface area (Å²) in [6.07, 6.45) is -5.12. The third kappa shape index (κ3) is 5.89. The topological polar surface area (TPSA) is 58.2 Å². The Balaban J connectivity index is 2.20. The summed E-state index contributed by atoms with van der Waals surface area (Å²) in [4.78, 5) is 21.8. The Morgan fingerprint density at radius 3 is 2.26 bits per heavy atom. The number of amides is 2. The maximum absolute atomic E-state index is 11.8. The maximum atomic E-state index is 11.8. The number of alkyl halides is 3. The number of benzene rings is 1. The van der Waals surface area contributed by atoms with Crippen LogP contribution in [0.1, 0.15) is 12.0 Å². The molecule has 7 heteroatoms. The van der Waals surface area contributed by atoms with Crippen molar-refractivity contribution in [3.05, 3.63) is 35.9 Å². The van der Waals surface area contributed by atoms with Gasteiger partial charge in [0, 0.05) is 19.5 Å². The molecule has 0 unspecified atom stereocenters. The maximum Gasteiger partial charge on any atom is 0.471 e. The summed E-state index contributed by atoms with van der Waals surface area (Å²) in [6.45, 7) is -0.0497. The van der Waals surface area contributed by atoms with Crippen molar-refractivity contribution in [2.24, 2.45) is 0 Å². The zero-order valence-electron chi connectivity index (χ0n) is 9.96. The van der Waals surface area contributed by atoms with Crippen molar-refractivity contribution < 1.29 is 22.8 Å². The van der Waals surface area contributed by atoms with Gasteiger partial charge in [0.25, 0.3) is 0 Å². The Morgan fingerprint density at radius 1 is 1.05 bits per heavy atom. The highest BCUT2D eigenvalue weighted by atomic mass is 19.4. The Morgan fingerprint density at radius 2 is 1.68 bits per heavy atom. The lowest BCUT2D eigenvalue weighted by atomic mass is 10.2. The molecule has 0 saturated carbocycles. The van der Waals surface area contributed by atoms with Crippen LogP contribution in [0, 0.1) is 0 Å². The van der Waals surface area contributed by atoms with E-state index in [4.69, 9.17) is 0 Å². The van der Waals surface area contributed by atoms with Gasteiger partial charge in [-0.25, -0.2) is 0 Å². The molecule has 0 saturated heterocycles. The second-order valence-electron chi connectivity index (χ2n) is 3.77. The lowest BCUT2D eigenvalue weighted by molar-refractivity contribution is -0.173. The van der Waals surface area contributed by atoms with E-state index < -0.39 is 18.0 Å². The first-order valence-electron chi connectivity index (χ1n) is 5.55. The molecule has 0 aliphatic heterocycles. The van der Waals surface area contributed by atoms with Crippen LogP contribution in [-0.2, 0) is 16.1 Å². The summed E-state index contributed by atoms with van der Waals surface area (Å²) in [6, 6.07) is 9.07. The van der Waals surface area contributed by atoms with E-state index in [9.17, 15) is 22.8 Å². The van der Waals surface area contributed by atoms with Gasteiger partial charge >= 0.3 is 12.1 Å². The molecule has 2 N–H and O–H groups in total. The van der Waals surface area contributed by atoms with E-state index in [2.05, 4.69) is 5.32 Å². The molecule has 0 spiro atoms. The van der Waals surface area contributed by atoms with E-state index in [0.717, 1.165) is 5.56 Å². The molecule has 0 atom stereocenters. The third-order valence-corrected chi connectivity index (χ3v) is 2.23. The van der Waals surface area contributed by atoms with Crippen LogP contribution in [0.25, 0.3) is 0 Å². The van der Waals surface area contributed by atoms with Crippen molar-refractivity contribution in [2.75, 3.05) is 6.54 Å². The van der Waals surface area contributed by atoms with E-state index in [0.29, 0.717) is 6.54 Å². The van der Waals surface area contributed by atoms with Crippen molar-refractivity contribution in [1.29, 1.82) is 0 Å². The molecule has 0 heterocycles. The lowest BCUT2D eigenvalue weighted by Crippen LogP contribution is -2.38. The van der Waals surface area contributed by atoms with E-state index in [1.807, 2.05) is 30.3 Å². The normalized spacial score (nSPS) is 10.9. The molecule has 0 bridgehead atoms. The predicted octanol–water partition coefficient (Wildman–Crippen LogP) is 1.37. The number of hydrogen-bond donors (Lipinski definition) is 2. The fourth-order valence-electron chi connectivity index (χ4n) is 1.27. The van der Waals surface area contributed by atoms with Crippen LogP contribution >= 0.6 is 0 Å². The minimum atomic E-state index is -4.92. The average Bonchev–Trinajstić information content (AvgIpc) is 2.36. The van der Waals surface area contributed by atoms with Gasteiger partial charge in [0.1, 0.15) is 0 Å². The second kappa shape index (κ2) is 6.77. The fraction of sp³-hybridized carbons (Fsp3) is 0.333. The number of hydrogen-bond acceptors (Lipinski definition) is 2. The van der Waals surface area contributed by atoms with Crippen molar-refractivity contribution >= 4 is 11.8 Å². The summed E-state index contributed by atoms with van der Waals surface area (Å²) in [5.41, 5.74) is 0.884. The number of rotatable bonds is 5. The van der Waals surface area contributed by atoms with E-state index in [-0.39, 0.29) is 13.0 Å². The molecule has 4 nitrogen and oxygen atoms in total. The molecule has 104 valence electrons. The molecule has 0 fully saturated rings. The first-order chi connectivity index (χ1) is 8.89. The predicted molar refractivity (Wildman–Crippen MR) is 62.0 cm³/mol. The summed E-state index contributed by atoms with van der Waals surface area (Å²) in [7, 11) is 0. The smallest absolute Gasteiger partial charge is 0.352 e. The van der Waals surface area contributed by atoms with Crippen molar-refractivity contribution in [3.8, 4) is 0 Å². The molecular formula is C12H13F3N2O2. The summed E-state index contributed by atoms with van der Waals surface area (Å²) in [5.74, 6) is -2.46. The monoisotopic (exact) mass is 274 g/mol.